The van der Waals surface area contributed by atoms with Gasteiger partial charge in [0.25, 0.3) is 11.6 Å². The monoisotopic (exact) mass is 292 g/mol. The molecule has 0 fully saturated rings. The van der Waals surface area contributed by atoms with Crippen LogP contribution in [-0.2, 0) is 0 Å². The van der Waals surface area contributed by atoms with E-state index in [0.717, 1.165) is 0 Å². The molecule has 20 heavy (non-hydrogen) atoms. The van der Waals surface area contributed by atoms with E-state index in [9.17, 15) is 20.0 Å². The largest absolute Gasteiger partial charge is 0.506 e. The molecule has 0 unspecified atom stereocenters. The quantitative estimate of drug-likeness (QED) is 0.516. The maximum atomic E-state index is 12.0. The Labute approximate surface area is 118 Å². The second-order valence-corrected chi connectivity index (χ2v) is 4.30. The Morgan fingerprint density at radius 3 is 2.60 bits per heavy atom. The first kappa shape index (κ1) is 13.8. The number of anilines is 1. The van der Waals surface area contributed by atoms with Crippen molar-refractivity contribution in [2.45, 2.75) is 0 Å². The number of aromatic hydroxyl groups is 1. The second-order valence-electron chi connectivity index (χ2n) is 3.89. The first-order valence-electron chi connectivity index (χ1n) is 5.52. The Bertz CT molecular complexity index is 688. The van der Waals surface area contributed by atoms with Gasteiger partial charge in [-0.05, 0) is 24.3 Å². The van der Waals surface area contributed by atoms with E-state index in [0.29, 0.717) is 5.69 Å². The lowest BCUT2D eigenvalue weighted by Crippen LogP contribution is -2.13. The molecule has 1 amide bonds. The zero-order valence-electron chi connectivity index (χ0n) is 10.0. The van der Waals surface area contributed by atoms with Crippen LogP contribution in [0.4, 0.5) is 11.4 Å². The van der Waals surface area contributed by atoms with Crippen LogP contribution in [0.5, 0.6) is 5.75 Å². The Balaban J connectivity index is 2.28. The SMILES string of the molecule is O=C(Nc1ccc(O)c(Cl)c1)c1ccccc1[N+](=O)[O-]. The molecular formula is C13H9ClN2O4. The number of nitrogens with zero attached hydrogens (tertiary/aromatic N) is 1. The summed E-state index contributed by atoms with van der Waals surface area (Å²) >= 11 is 5.72. The van der Waals surface area contributed by atoms with E-state index in [1.54, 1.807) is 0 Å². The molecule has 2 aromatic rings. The van der Waals surface area contributed by atoms with Crippen molar-refractivity contribution in [3.8, 4) is 5.75 Å². The summed E-state index contributed by atoms with van der Waals surface area (Å²) in [4.78, 5) is 22.2. The fourth-order valence-corrected chi connectivity index (χ4v) is 1.79. The lowest BCUT2D eigenvalue weighted by Gasteiger charge is -2.06. The number of para-hydroxylation sites is 1. The van der Waals surface area contributed by atoms with Crippen molar-refractivity contribution in [1.82, 2.24) is 0 Å². The van der Waals surface area contributed by atoms with Crippen LogP contribution in [0.25, 0.3) is 0 Å². The number of halogens is 1. The average Bonchev–Trinajstić information content (AvgIpc) is 2.43. The van der Waals surface area contributed by atoms with Crippen LogP contribution in [0.1, 0.15) is 10.4 Å². The number of nitro groups is 1. The van der Waals surface area contributed by atoms with E-state index in [4.69, 9.17) is 11.6 Å². The summed E-state index contributed by atoms with van der Waals surface area (Å²) in [6, 6.07) is 9.72. The highest BCUT2D eigenvalue weighted by Crippen LogP contribution is 2.27. The summed E-state index contributed by atoms with van der Waals surface area (Å²) in [5, 5.41) is 22.7. The third-order valence-electron chi connectivity index (χ3n) is 2.55. The van der Waals surface area contributed by atoms with Gasteiger partial charge in [0.2, 0.25) is 0 Å². The number of hydrogen-bond acceptors (Lipinski definition) is 4. The van der Waals surface area contributed by atoms with Crippen molar-refractivity contribution in [1.29, 1.82) is 0 Å². The van der Waals surface area contributed by atoms with Gasteiger partial charge in [-0.1, -0.05) is 23.7 Å². The number of nitrogens with one attached hydrogen (secondary N) is 1. The van der Waals surface area contributed by atoms with Crippen LogP contribution in [0.3, 0.4) is 0 Å². The maximum absolute atomic E-state index is 12.0. The summed E-state index contributed by atoms with van der Waals surface area (Å²) in [6.45, 7) is 0. The summed E-state index contributed by atoms with van der Waals surface area (Å²) in [7, 11) is 0. The van der Waals surface area contributed by atoms with Crippen LogP contribution < -0.4 is 5.32 Å². The molecule has 2 rings (SSSR count). The molecule has 0 heterocycles. The van der Waals surface area contributed by atoms with E-state index in [-0.39, 0.29) is 22.0 Å². The van der Waals surface area contributed by atoms with Gasteiger partial charge < -0.3 is 10.4 Å². The summed E-state index contributed by atoms with van der Waals surface area (Å²) in [5.41, 5.74) is -0.00692. The minimum absolute atomic E-state index is 0.0540. The molecule has 2 N–H and O–H groups in total. The lowest BCUT2D eigenvalue weighted by molar-refractivity contribution is -0.385. The highest BCUT2D eigenvalue weighted by atomic mass is 35.5. The molecular weight excluding hydrogens is 284 g/mol. The molecule has 6 nitrogen and oxygen atoms in total. The first-order chi connectivity index (χ1) is 9.49. The molecule has 0 radical (unpaired) electrons. The van der Waals surface area contributed by atoms with Crippen LogP contribution in [0, 0.1) is 10.1 Å². The molecule has 2 aromatic carbocycles. The molecule has 0 saturated heterocycles. The predicted octanol–water partition coefficient (Wildman–Crippen LogP) is 3.21. The summed E-state index contributed by atoms with van der Waals surface area (Å²) in [5.74, 6) is -0.741. The van der Waals surface area contributed by atoms with Gasteiger partial charge in [-0.25, -0.2) is 0 Å². The molecule has 0 atom stereocenters. The smallest absolute Gasteiger partial charge is 0.282 e. The number of carbonyl (C=O) groups excluding carboxylic acids is 1. The molecule has 0 aliphatic heterocycles. The van der Waals surface area contributed by atoms with Gasteiger partial charge in [-0.15, -0.1) is 0 Å². The fourth-order valence-electron chi connectivity index (χ4n) is 1.61. The van der Waals surface area contributed by atoms with Gasteiger partial charge >= 0.3 is 0 Å². The molecule has 102 valence electrons. The van der Waals surface area contributed by atoms with Gasteiger partial charge in [0.1, 0.15) is 11.3 Å². The lowest BCUT2D eigenvalue weighted by atomic mass is 10.1. The van der Waals surface area contributed by atoms with E-state index in [2.05, 4.69) is 5.32 Å². The fraction of sp³-hybridized carbons (Fsp3) is 0. The number of rotatable bonds is 3. The van der Waals surface area contributed by atoms with Crippen molar-refractivity contribution in [2.24, 2.45) is 0 Å². The molecule has 0 bridgehead atoms. The van der Waals surface area contributed by atoms with Crippen molar-refractivity contribution in [3.05, 3.63) is 63.2 Å². The molecule has 7 heteroatoms. The third kappa shape index (κ3) is 2.86. The van der Waals surface area contributed by atoms with E-state index >= 15 is 0 Å². The summed E-state index contributed by atoms with van der Waals surface area (Å²) in [6.07, 6.45) is 0. The van der Waals surface area contributed by atoms with Crippen molar-refractivity contribution in [2.75, 3.05) is 5.32 Å². The van der Waals surface area contributed by atoms with Crippen molar-refractivity contribution >= 4 is 28.9 Å². The zero-order valence-corrected chi connectivity index (χ0v) is 10.8. The maximum Gasteiger partial charge on any atom is 0.282 e. The number of amides is 1. The number of nitro benzene ring substituents is 1. The Kier molecular flexibility index (Phi) is 3.86. The van der Waals surface area contributed by atoms with Crippen molar-refractivity contribution < 1.29 is 14.8 Å². The number of benzene rings is 2. The van der Waals surface area contributed by atoms with Gasteiger partial charge in [0.15, 0.2) is 0 Å². The average molecular weight is 293 g/mol. The van der Waals surface area contributed by atoms with E-state index in [1.165, 1.54) is 42.5 Å². The molecule has 0 aliphatic rings. The zero-order chi connectivity index (χ0) is 14.7. The Morgan fingerprint density at radius 1 is 1.25 bits per heavy atom. The van der Waals surface area contributed by atoms with Crippen LogP contribution in [0.15, 0.2) is 42.5 Å². The van der Waals surface area contributed by atoms with Crippen LogP contribution in [-0.4, -0.2) is 15.9 Å². The van der Waals surface area contributed by atoms with Gasteiger partial charge in [-0.2, -0.15) is 0 Å². The van der Waals surface area contributed by atoms with Crippen molar-refractivity contribution in [3.63, 3.8) is 0 Å². The third-order valence-corrected chi connectivity index (χ3v) is 2.85. The minimum Gasteiger partial charge on any atom is -0.506 e. The number of hydrogen-bond donors (Lipinski definition) is 2. The predicted molar refractivity (Wildman–Crippen MR) is 74.2 cm³/mol. The summed E-state index contributed by atoms with van der Waals surface area (Å²) < 4.78 is 0. The van der Waals surface area contributed by atoms with E-state index in [1.807, 2.05) is 0 Å². The van der Waals surface area contributed by atoms with Gasteiger partial charge in [-0.3, -0.25) is 14.9 Å². The number of phenols is 1. The molecule has 0 saturated carbocycles. The van der Waals surface area contributed by atoms with E-state index < -0.39 is 10.8 Å². The van der Waals surface area contributed by atoms with Crippen LogP contribution >= 0.6 is 11.6 Å². The normalized spacial score (nSPS) is 10.1. The Morgan fingerprint density at radius 2 is 1.95 bits per heavy atom. The highest BCUT2D eigenvalue weighted by molar-refractivity contribution is 6.32. The number of carbonyl (C=O) groups is 1. The second kappa shape index (κ2) is 5.58. The Hall–Kier alpha value is -2.60. The van der Waals surface area contributed by atoms with Gasteiger partial charge in [0.05, 0.1) is 9.95 Å². The minimum atomic E-state index is -0.626. The van der Waals surface area contributed by atoms with Gasteiger partial charge in [0, 0.05) is 11.8 Å². The highest BCUT2D eigenvalue weighted by Gasteiger charge is 2.19. The molecule has 0 aromatic heterocycles. The van der Waals surface area contributed by atoms with Crippen LogP contribution in [0.2, 0.25) is 5.02 Å². The topological polar surface area (TPSA) is 92.5 Å². The standard InChI is InChI=1S/C13H9ClN2O4/c14-10-7-8(5-6-12(10)17)15-13(18)9-3-1-2-4-11(9)16(19)20/h1-7,17H,(H,15,18). The number of phenolic OH excluding ortho intramolecular Hbond substituents is 1. The molecule has 0 aliphatic carbocycles. The first-order valence-corrected chi connectivity index (χ1v) is 5.90. The molecule has 0 spiro atoms.